The second kappa shape index (κ2) is 18.1. The maximum Gasteiger partial charge on any atom is 0.158 e. The van der Waals surface area contributed by atoms with Crippen molar-refractivity contribution in [2.75, 3.05) is 78.0 Å². The summed E-state index contributed by atoms with van der Waals surface area (Å²) in [6, 6.07) is 10.1. The second-order valence-corrected chi connectivity index (χ2v) is 9.38. The molecule has 0 aliphatic heterocycles. The Bertz CT molecular complexity index is 1080. The zero-order valence-corrected chi connectivity index (χ0v) is 24.3. The first-order valence-electron chi connectivity index (χ1n) is 11.7. The van der Waals surface area contributed by atoms with Crippen LogP contribution in [0.5, 0.6) is 0 Å². The number of halogens is 1. The molecule has 0 N–H and O–H groups in total. The molecule has 0 spiro atoms. The largest absolute Gasteiger partial charge is 0.382 e. The number of ether oxygens (including phenoxy) is 4. The van der Waals surface area contributed by atoms with Gasteiger partial charge in [-0.3, -0.25) is 0 Å². The Morgan fingerprint density at radius 2 is 1.54 bits per heavy atom. The lowest BCUT2D eigenvalue weighted by Gasteiger charge is -2.25. The fourth-order valence-corrected chi connectivity index (χ4v) is 4.29. The van der Waals surface area contributed by atoms with Crippen LogP contribution in [0, 0.1) is 36.5 Å². The van der Waals surface area contributed by atoms with Crippen molar-refractivity contribution in [3.63, 3.8) is 0 Å². The van der Waals surface area contributed by atoms with Gasteiger partial charge in [0.2, 0.25) is 0 Å². The Balaban J connectivity index is 2.04. The number of rotatable bonds is 18. The number of azo groups is 1. The van der Waals surface area contributed by atoms with E-state index in [4.69, 9.17) is 22.0 Å². The van der Waals surface area contributed by atoms with Crippen LogP contribution in [0.15, 0.2) is 28.4 Å². The monoisotopic (exact) mass is 641 g/mol. The Labute approximate surface area is 236 Å². The molecule has 0 saturated carbocycles. The summed E-state index contributed by atoms with van der Waals surface area (Å²) in [5, 5.41) is 27.7. The van der Waals surface area contributed by atoms with Crippen molar-refractivity contribution in [3.05, 3.63) is 39.8 Å². The van der Waals surface area contributed by atoms with E-state index in [2.05, 4.69) is 27.3 Å². The highest BCUT2D eigenvalue weighted by molar-refractivity contribution is 14.1. The molecule has 0 aliphatic carbocycles. The highest BCUT2D eigenvalue weighted by atomic mass is 127. The van der Waals surface area contributed by atoms with E-state index in [1.165, 1.54) is 11.3 Å². The molecule has 0 unspecified atom stereocenters. The number of hydrogen-bond acceptors (Lipinski definition) is 11. The Morgan fingerprint density at radius 3 is 2.14 bits per heavy atom. The van der Waals surface area contributed by atoms with Gasteiger partial charge in [0.25, 0.3) is 0 Å². The number of benzene rings is 1. The van der Waals surface area contributed by atoms with Gasteiger partial charge in [-0.25, -0.2) is 0 Å². The minimum absolute atomic E-state index is 0.391. The van der Waals surface area contributed by atoms with Crippen molar-refractivity contribution in [3.8, 4) is 12.1 Å². The molecule has 2 aromatic rings. The van der Waals surface area contributed by atoms with Crippen LogP contribution in [0.2, 0.25) is 0 Å². The van der Waals surface area contributed by atoms with Gasteiger partial charge in [-0.05, 0) is 43.2 Å². The van der Waals surface area contributed by atoms with Crippen LogP contribution in [0.4, 0.5) is 16.4 Å². The first-order chi connectivity index (χ1) is 18.0. The smallest absolute Gasteiger partial charge is 0.158 e. The van der Waals surface area contributed by atoms with Gasteiger partial charge >= 0.3 is 0 Å². The van der Waals surface area contributed by atoms with Crippen LogP contribution >= 0.6 is 34.3 Å². The molecule has 0 radical (unpaired) electrons. The summed E-state index contributed by atoms with van der Waals surface area (Å²) >= 11 is 3.03. The zero-order chi connectivity index (χ0) is 26.9. The van der Waals surface area contributed by atoms with Crippen LogP contribution in [0.3, 0.4) is 0 Å². The van der Waals surface area contributed by atoms with Crippen molar-refractivity contribution in [2.24, 2.45) is 10.2 Å². The normalized spacial score (nSPS) is 11.1. The summed E-state index contributed by atoms with van der Waals surface area (Å²) in [4.78, 5) is 2.67. The Morgan fingerprint density at radius 1 is 0.892 bits per heavy atom. The van der Waals surface area contributed by atoms with E-state index in [1.807, 2.05) is 48.1 Å². The summed E-state index contributed by atoms with van der Waals surface area (Å²) in [5.41, 5.74) is 3.68. The van der Waals surface area contributed by atoms with Gasteiger partial charge in [0.15, 0.2) is 5.00 Å². The summed E-state index contributed by atoms with van der Waals surface area (Å²) in [5.74, 6) is 0. The van der Waals surface area contributed by atoms with Crippen molar-refractivity contribution in [1.29, 1.82) is 10.5 Å². The molecule has 1 aromatic carbocycles. The lowest BCUT2D eigenvalue weighted by atomic mass is 10.1. The number of methoxy groups -OCH3 is 1. The number of nitriles is 2. The Kier molecular flexibility index (Phi) is 15.2. The van der Waals surface area contributed by atoms with Crippen LogP contribution in [0.1, 0.15) is 21.6 Å². The second-order valence-electron chi connectivity index (χ2n) is 7.76. The highest BCUT2D eigenvalue weighted by Gasteiger charge is 2.15. The van der Waals surface area contributed by atoms with E-state index in [0.29, 0.717) is 92.6 Å². The van der Waals surface area contributed by atoms with Crippen LogP contribution in [-0.2, 0) is 22.0 Å². The zero-order valence-electron chi connectivity index (χ0n) is 21.4. The predicted octanol–water partition coefficient (Wildman–Crippen LogP) is 5.39. The van der Waals surface area contributed by atoms with E-state index in [0.717, 1.165) is 11.3 Å². The molecular formula is C25H32IN5O5S. The van der Waals surface area contributed by atoms with Gasteiger partial charge in [0.1, 0.15) is 40.0 Å². The molecule has 0 bridgehead atoms. The fourth-order valence-electron chi connectivity index (χ4n) is 3.23. The molecule has 12 heteroatoms. The topological polar surface area (TPSA) is 122 Å². The van der Waals surface area contributed by atoms with E-state index in [9.17, 15) is 10.5 Å². The van der Waals surface area contributed by atoms with Crippen LogP contribution in [0.25, 0.3) is 0 Å². The number of aryl methyl sites for hydroxylation is 1. The van der Waals surface area contributed by atoms with Crippen molar-refractivity contribution in [1.82, 2.24) is 0 Å². The lowest BCUT2D eigenvalue weighted by Crippen LogP contribution is -2.31. The van der Waals surface area contributed by atoms with Crippen molar-refractivity contribution < 1.29 is 22.0 Å². The summed E-state index contributed by atoms with van der Waals surface area (Å²) in [7, 11) is 1.64. The molecule has 0 atom stereocenters. The maximum absolute atomic E-state index is 9.43. The van der Waals surface area contributed by atoms with Gasteiger partial charge in [-0.2, -0.15) is 10.5 Å². The summed E-state index contributed by atoms with van der Waals surface area (Å²) < 4.78 is 26.8. The average molecular weight is 642 g/mol. The molecule has 10 nitrogen and oxygen atoms in total. The third-order valence-corrected chi connectivity index (χ3v) is 6.78. The average Bonchev–Trinajstić information content (AvgIpc) is 3.22. The van der Waals surface area contributed by atoms with Crippen LogP contribution in [-0.4, -0.2) is 73.1 Å². The molecule has 2 rings (SSSR count). The van der Waals surface area contributed by atoms with Gasteiger partial charge in [0.05, 0.1) is 64.1 Å². The van der Waals surface area contributed by atoms with Crippen LogP contribution < -0.4 is 4.90 Å². The summed E-state index contributed by atoms with van der Waals surface area (Å²) in [6.45, 7) is 9.40. The van der Waals surface area contributed by atoms with E-state index in [1.54, 1.807) is 14.0 Å². The van der Waals surface area contributed by atoms with Gasteiger partial charge < -0.3 is 26.9 Å². The third-order valence-electron chi connectivity index (χ3n) is 5.26. The minimum Gasteiger partial charge on any atom is -0.382 e. The summed E-state index contributed by atoms with van der Waals surface area (Å²) in [6.07, 6.45) is 0. The quantitative estimate of drug-likeness (QED) is 0.121. The van der Waals surface area contributed by atoms with Crippen molar-refractivity contribution >= 4 is 50.7 Å². The number of anilines is 1. The fraction of sp³-hybridized carbons (Fsp3) is 0.520. The number of nitrogens with zero attached hydrogens (tertiary/aromatic N) is 5. The molecule has 1 aromatic heterocycles. The standard InChI is InChI=1S/C25H32IN5O5S/c1-19-16-21(4-5-23(19)29-30-25-22(17-27)20(2)24(18-28)37-25)31(7-9-34-14-15-36-26)6-8-33-12-13-35-11-10-32-3/h4-5,16H,6-15H2,1-3H3. The molecule has 0 aliphatic rings. The molecule has 200 valence electrons. The molecule has 0 fully saturated rings. The van der Waals surface area contributed by atoms with Gasteiger partial charge in [-0.15, -0.1) is 21.6 Å². The lowest BCUT2D eigenvalue weighted by molar-refractivity contribution is 0.0262. The van der Waals surface area contributed by atoms with E-state index < -0.39 is 0 Å². The van der Waals surface area contributed by atoms with Gasteiger partial charge in [-0.1, -0.05) is 0 Å². The molecule has 0 amide bonds. The SMILES string of the molecule is COCCOCCOCCN(CCOCCOI)c1ccc(N=Nc2sc(C#N)c(C)c2C#N)c(C)c1. The van der Waals surface area contributed by atoms with Gasteiger partial charge in [0, 0.05) is 25.9 Å². The number of thiophene rings is 1. The minimum atomic E-state index is 0.391. The predicted molar refractivity (Wildman–Crippen MR) is 150 cm³/mol. The number of hydrogen-bond donors (Lipinski definition) is 0. The first kappa shape index (κ1) is 31.1. The first-order valence-corrected chi connectivity index (χ1v) is 13.4. The molecular weight excluding hydrogens is 609 g/mol. The Hall–Kier alpha value is -2.17. The molecule has 37 heavy (non-hydrogen) atoms. The van der Waals surface area contributed by atoms with E-state index >= 15 is 0 Å². The molecule has 1 heterocycles. The molecule has 0 saturated heterocycles. The maximum atomic E-state index is 9.43. The van der Waals surface area contributed by atoms with Crippen molar-refractivity contribution in [2.45, 2.75) is 13.8 Å². The highest BCUT2D eigenvalue weighted by Crippen LogP contribution is 2.36. The third kappa shape index (κ3) is 10.6. The van der Waals surface area contributed by atoms with E-state index in [-0.39, 0.29) is 0 Å².